The summed E-state index contributed by atoms with van der Waals surface area (Å²) in [6.07, 6.45) is 1.23. The van der Waals surface area contributed by atoms with E-state index in [-0.39, 0.29) is 11.9 Å². The quantitative estimate of drug-likeness (QED) is 0.811. The summed E-state index contributed by atoms with van der Waals surface area (Å²) in [7, 11) is 0. The third kappa shape index (κ3) is 4.72. The summed E-state index contributed by atoms with van der Waals surface area (Å²) < 4.78 is 5.04. The molecule has 1 aromatic carbocycles. The van der Waals surface area contributed by atoms with E-state index in [4.69, 9.17) is 4.74 Å². The number of amides is 1. The average Bonchev–Trinajstić information content (AvgIpc) is 2.69. The van der Waals surface area contributed by atoms with E-state index in [1.54, 1.807) is 24.0 Å². The molecule has 1 saturated heterocycles. The second kappa shape index (κ2) is 8.48. The largest absolute Gasteiger partial charge is 0.450 e. The molecule has 2 aromatic rings. The van der Waals surface area contributed by atoms with Crippen LogP contribution in [0.5, 0.6) is 0 Å². The summed E-state index contributed by atoms with van der Waals surface area (Å²) in [6, 6.07) is 9.15. The van der Waals surface area contributed by atoms with Crippen molar-refractivity contribution in [1.29, 1.82) is 0 Å². The van der Waals surface area contributed by atoms with Crippen molar-refractivity contribution in [3.05, 3.63) is 42.2 Å². The van der Waals surface area contributed by atoms with Crippen molar-refractivity contribution in [3.8, 4) is 0 Å². The van der Waals surface area contributed by atoms with Crippen LogP contribution >= 0.6 is 0 Å². The summed E-state index contributed by atoms with van der Waals surface area (Å²) in [4.78, 5) is 35.7. The minimum atomic E-state index is -0.271. The van der Waals surface area contributed by atoms with E-state index < -0.39 is 0 Å². The highest BCUT2D eigenvalue weighted by Gasteiger charge is 2.22. The van der Waals surface area contributed by atoms with Crippen LogP contribution in [0, 0.1) is 0 Å². The van der Waals surface area contributed by atoms with Crippen molar-refractivity contribution in [2.75, 3.05) is 43.0 Å². The molecular formula is C19H23N5O3. The SMILES string of the molecule is CCOC(=O)N1CCN(c2cc(Nc3cccc(C(C)=O)c3)ncn2)CC1. The standard InChI is InChI=1S/C19H23N5O3/c1-3-27-19(26)24-9-7-23(8-10-24)18-12-17(20-13-21-18)22-16-6-4-5-15(11-16)14(2)25/h4-6,11-13H,3,7-10H2,1-2H3,(H,20,21,22). The molecule has 142 valence electrons. The summed E-state index contributed by atoms with van der Waals surface area (Å²) >= 11 is 0. The van der Waals surface area contributed by atoms with E-state index in [1.807, 2.05) is 18.2 Å². The van der Waals surface area contributed by atoms with Gasteiger partial charge in [-0.05, 0) is 26.0 Å². The predicted octanol–water partition coefficient (Wildman–Crippen LogP) is 2.70. The van der Waals surface area contributed by atoms with E-state index in [0.717, 1.165) is 11.5 Å². The highest BCUT2D eigenvalue weighted by atomic mass is 16.6. The third-order valence-electron chi connectivity index (χ3n) is 4.32. The Morgan fingerprint density at radius 2 is 1.93 bits per heavy atom. The number of hydrogen-bond donors (Lipinski definition) is 1. The first-order valence-electron chi connectivity index (χ1n) is 8.93. The Morgan fingerprint density at radius 3 is 2.63 bits per heavy atom. The molecule has 2 heterocycles. The number of aromatic nitrogens is 2. The molecule has 0 spiro atoms. The van der Waals surface area contributed by atoms with Crippen LogP contribution in [0.25, 0.3) is 0 Å². The Balaban J connectivity index is 1.65. The number of ketones is 1. The first-order chi connectivity index (χ1) is 13.1. The number of ether oxygens (including phenoxy) is 1. The predicted molar refractivity (Wildman–Crippen MR) is 103 cm³/mol. The Labute approximate surface area is 158 Å². The number of hydrogen-bond acceptors (Lipinski definition) is 7. The maximum Gasteiger partial charge on any atom is 0.409 e. The molecular weight excluding hydrogens is 346 g/mol. The third-order valence-corrected chi connectivity index (χ3v) is 4.32. The zero-order valence-electron chi connectivity index (χ0n) is 15.5. The van der Waals surface area contributed by atoms with Gasteiger partial charge in [0.15, 0.2) is 5.78 Å². The number of nitrogens with one attached hydrogen (secondary N) is 1. The molecule has 8 heteroatoms. The second-order valence-electron chi connectivity index (χ2n) is 6.20. The van der Waals surface area contributed by atoms with Gasteiger partial charge < -0.3 is 19.9 Å². The monoisotopic (exact) mass is 369 g/mol. The van der Waals surface area contributed by atoms with Gasteiger partial charge in [-0.2, -0.15) is 0 Å². The fourth-order valence-corrected chi connectivity index (χ4v) is 2.89. The summed E-state index contributed by atoms with van der Waals surface area (Å²) in [5, 5.41) is 3.21. The van der Waals surface area contributed by atoms with Gasteiger partial charge in [-0.15, -0.1) is 0 Å². The molecule has 0 radical (unpaired) electrons. The molecule has 1 amide bonds. The number of carbonyl (C=O) groups excluding carboxylic acids is 2. The maximum absolute atomic E-state index is 11.8. The molecule has 0 bridgehead atoms. The number of Topliss-reactive ketones (excluding diaryl/α,β-unsaturated/α-hetero) is 1. The Kier molecular flexibility index (Phi) is 5.85. The van der Waals surface area contributed by atoms with E-state index >= 15 is 0 Å². The molecule has 0 saturated carbocycles. The van der Waals surface area contributed by atoms with Gasteiger partial charge in [0.2, 0.25) is 0 Å². The Bertz CT molecular complexity index is 818. The molecule has 0 aliphatic carbocycles. The fourth-order valence-electron chi connectivity index (χ4n) is 2.89. The fraction of sp³-hybridized carbons (Fsp3) is 0.368. The van der Waals surface area contributed by atoms with Gasteiger partial charge in [-0.3, -0.25) is 4.79 Å². The van der Waals surface area contributed by atoms with Crippen molar-refractivity contribution < 1.29 is 14.3 Å². The van der Waals surface area contributed by atoms with Gasteiger partial charge in [0.1, 0.15) is 18.0 Å². The van der Waals surface area contributed by atoms with Crippen LogP contribution < -0.4 is 10.2 Å². The van der Waals surface area contributed by atoms with Gasteiger partial charge in [-0.25, -0.2) is 14.8 Å². The molecule has 0 atom stereocenters. The molecule has 0 unspecified atom stereocenters. The molecule has 8 nitrogen and oxygen atoms in total. The number of anilines is 3. The van der Waals surface area contributed by atoms with Crippen LogP contribution in [0.3, 0.4) is 0 Å². The number of rotatable bonds is 5. The lowest BCUT2D eigenvalue weighted by atomic mass is 10.1. The molecule has 1 aromatic heterocycles. The van der Waals surface area contributed by atoms with Gasteiger partial charge in [-0.1, -0.05) is 12.1 Å². The van der Waals surface area contributed by atoms with Crippen LogP contribution in [0.1, 0.15) is 24.2 Å². The highest BCUT2D eigenvalue weighted by molar-refractivity contribution is 5.95. The molecule has 1 aliphatic heterocycles. The van der Waals surface area contributed by atoms with Crippen LogP contribution in [0.15, 0.2) is 36.7 Å². The molecule has 1 N–H and O–H groups in total. The summed E-state index contributed by atoms with van der Waals surface area (Å²) in [6.45, 7) is 6.25. The van der Waals surface area contributed by atoms with E-state index in [0.29, 0.717) is 44.2 Å². The van der Waals surface area contributed by atoms with Crippen molar-refractivity contribution in [2.24, 2.45) is 0 Å². The maximum atomic E-state index is 11.8. The van der Waals surface area contributed by atoms with Crippen molar-refractivity contribution in [3.63, 3.8) is 0 Å². The van der Waals surface area contributed by atoms with Gasteiger partial charge >= 0.3 is 6.09 Å². The van der Waals surface area contributed by atoms with Crippen molar-refractivity contribution >= 4 is 29.2 Å². The molecule has 1 fully saturated rings. The minimum absolute atomic E-state index is 0.0153. The minimum Gasteiger partial charge on any atom is -0.450 e. The van der Waals surface area contributed by atoms with E-state index in [2.05, 4.69) is 20.2 Å². The number of benzene rings is 1. The van der Waals surface area contributed by atoms with Gasteiger partial charge in [0.25, 0.3) is 0 Å². The summed E-state index contributed by atoms with van der Waals surface area (Å²) in [5.74, 6) is 1.45. The lowest BCUT2D eigenvalue weighted by Crippen LogP contribution is -2.49. The number of piperazine rings is 1. The number of carbonyl (C=O) groups is 2. The first-order valence-corrected chi connectivity index (χ1v) is 8.93. The zero-order valence-corrected chi connectivity index (χ0v) is 15.5. The summed E-state index contributed by atoms with van der Waals surface area (Å²) in [5.41, 5.74) is 1.43. The van der Waals surface area contributed by atoms with Gasteiger partial charge in [0.05, 0.1) is 6.61 Å². The number of nitrogens with zero attached hydrogens (tertiary/aromatic N) is 4. The van der Waals surface area contributed by atoms with E-state index in [9.17, 15) is 9.59 Å². The lowest BCUT2D eigenvalue weighted by Gasteiger charge is -2.34. The Morgan fingerprint density at radius 1 is 1.15 bits per heavy atom. The second-order valence-corrected chi connectivity index (χ2v) is 6.20. The van der Waals surface area contributed by atoms with Crippen LogP contribution in [0.2, 0.25) is 0 Å². The molecule has 3 rings (SSSR count). The van der Waals surface area contributed by atoms with Crippen LogP contribution in [0.4, 0.5) is 22.1 Å². The van der Waals surface area contributed by atoms with Crippen molar-refractivity contribution in [2.45, 2.75) is 13.8 Å². The molecule has 1 aliphatic rings. The van der Waals surface area contributed by atoms with E-state index in [1.165, 1.54) is 13.3 Å². The van der Waals surface area contributed by atoms with Crippen LogP contribution in [-0.2, 0) is 4.74 Å². The molecule has 27 heavy (non-hydrogen) atoms. The van der Waals surface area contributed by atoms with Crippen LogP contribution in [-0.4, -0.2) is 59.5 Å². The van der Waals surface area contributed by atoms with Crippen molar-refractivity contribution in [1.82, 2.24) is 14.9 Å². The first kappa shape index (κ1) is 18.6. The highest BCUT2D eigenvalue weighted by Crippen LogP contribution is 2.20. The normalized spacial score (nSPS) is 14.0. The smallest absolute Gasteiger partial charge is 0.409 e. The Hall–Kier alpha value is -3.16. The lowest BCUT2D eigenvalue weighted by molar-refractivity contribution is 0.101. The topological polar surface area (TPSA) is 87.7 Å². The zero-order chi connectivity index (χ0) is 19.2. The van der Waals surface area contributed by atoms with Gasteiger partial charge in [0, 0.05) is 43.5 Å². The average molecular weight is 369 g/mol.